The van der Waals surface area contributed by atoms with E-state index in [1.165, 1.54) is 5.56 Å². The number of carbonyl (C=O) groups excluding carboxylic acids is 2. The summed E-state index contributed by atoms with van der Waals surface area (Å²) < 4.78 is 0. The van der Waals surface area contributed by atoms with Gasteiger partial charge in [0.2, 0.25) is 11.8 Å². The van der Waals surface area contributed by atoms with E-state index in [4.69, 9.17) is 11.1 Å². The molecule has 0 aromatic heterocycles. The third kappa shape index (κ3) is 5.67. The summed E-state index contributed by atoms with van der Waals surface area (Å²) in [6.07, 6.45) is 1.71. The molecular formula is C23H29N5O2. The molecule has 7 heteroatoms. The predicted molar refractivity (Wildman–Crippen MR) is 117 cm³/mol. The van der Waals surface area contributed by atoms with Gasteiger partial charge in [-0.05, 0) is 43.4 Å². The van der Waals surface area contributed by atoms with Crippen LogP contribution in [0.5, 0.6) is 0 Å². The van der Waals surface area contributed by atoms with E-state index >= 15 is 0 Å². The fourth-order valence-electron chi connectivity index (χ4n) is 3.67. The highest BCUT2D eigenvalue weighted by molar-refractivity contribution is 5.95. The Bertz CT molecular complexity index is 882. The molecule has 1 aliphatic rings. The molecule has 0 radical (unpaired) electrons. The maximum atomic E-state index is 12.7. The highest BCUT2D eigenvalue weighted by Gasteiger charge is 2.29. The summed E-state index contributed by atoms with van der Waals surface area (Å²) in [7, 11) is 0. The molecule has 158 valence electrons. The second-order valence-electron chi connectivity index (χ2n) is 7.70. The van der Waals surface area contributed by atoms with Gasteiger partial charge in [0.25, 0.3) is 0 Å². The van der Waals surface area contributed by atoms with Gasteiger partial charge in [-0.2, -0.15) is 0 Å². The molecule has 1 fully saturated rings. The Morgan fingerprint density at radius 3 is 2.53 bits per heavy atom. The van der Waals surface area contributed by atoms with Crippen LogP contribution in [0.4, 0.5) is 0 Å². The summed E-state index contributed by atoms with van der Waals surface area (Å²) in [5, 5.41) is 16.3. The van der Waals surface area contributed by atoms with Gasteiger partial charge in [-0.1, -0.05) is 54.6 Å². The van der Waals surface area contributed by atoms with E-state index in [1.54, 1.807) is 19.1 Å². The summed E-state index contributed by atoms with van der Waals surface area (Å²) in [6.45, 7) is 2.80. The number of nitrogens with one attached hydrogen (secondary N) is 4. The Morgan fingerprint density at radius 2 is 1.87 bits per heavy atom. The Balaban J connectivity index is 1.48. The molecule has 6 N–H and O–H groups in total. The van der Waals surface area contributed by atoms with Crippen molar-refractivity contribution in [1.82, 2.24) is 16.0 Å². The monoisotopic (exact) mass is 407 g/mol. The SMILES string of the molecule is C[C@H](NC(=O)[C@@H]1C[C@@H](c2ccccc2)CCN1)C(=O)NCc1ccc(C(=N)N)cc1. The van der Waals surface area contributed by atoms with Crippen LogP contribution < -0.4 is 21.7 Å². The third-order valence-electron chi connectivity index (χ3n) is 5.47. The van der Waals surface area contributed by atoms with E-state index in [0.29, 0.717) is 24.4 Å². The summed E-state index contributed by atoms with van der Waals surface area (Å²) in [6, 6.07) is 16.4. The molecule has 7 nitrogen and oxygen atoms in total. The first-order valence-electron chi connectivity index (χ1n) is 10.2. The van der Waals surface area contributed by atoms with Crippen LogP contribution in [-0.4, -0.2) is 36.3 Å². The van der Waals surface area contributed by atoms with Gasteiger partial charge in [-0.15, -0.1) is 0 Å². The van der Waals surface area contributed by atoms with Gasteiger partial charge in [0, 0.05) is 12.1 Å². The number of rotatable bonds is 7. The van der Waals surface area contributed by atoms with Crippen molar-refractivity contribution in [3.05, 3.63) is 71.3 Å². The fourth-order valence-corrected chi connectivity index (χ4v) is 3.67. The highest BCUT2D eigenvalue weighted by atomic mass is 16.2. The predicted octanol–water partition coefficient (Wildman–Crippen LogP) is 1.63. The maximum Gasteiger partial charge on any atom is 0.242 e. The molecule has 1 heterocycles. The van der Waals surface area contributed by atoms with Crippen LogP contribution in [-0.2, 0) is 16.1 Å². The van der Waals surface area contributed by atoms with Crippen molar-refractivity contribution < 1.29 is 9.59 Å². The molecule has 3 rings (SSSR count). The summed E-state index contributed by atoms with van der Waals surface area (Å²) in [4.78, 5) is 25.1. The van der Waals surface area contributed by atoms with E-state index in [9.17, 15) is 9.59 Å². The van der Waals surface area contributed by atoms with E-state index in [0.717, 1.165) is 18.5 Å². The number of carbonyl (C=O) groups is 2. The average Bonchev–Trinajstić information content (AvgIpc) is 2.78. The molecule has 2 aromatic rings. The minimum atomic E-state index is -0.632. The fraction of sp³-hybridized carbons (Fsp3) is 0.348. The van der Waals surface area contributed by atoms with E-state index in [2.05, 4.69) is 28.1 Å². The highest BCUT2D eigenvalue weighted by Crippen LogP contribution is 2.27. The number of amides is 2. The van der Waals surface area contributed by atoms with Crippen LogP contribution in [0.2, 0.25) is 0 Å². The van der Waals surface area contributed by atoms with Crippen molar-refractivity contribution in [2.24, 2.45) is 5.73 Å². The Labute approximate surface area is 176 Å². The van der Waals surface area contributed by atoms with Crippen LogP contribution in [0, 0.1) is 5.41 Å². The molecule has 3 atom stereocenters. The molecule has 30 heavy (non-hydrogen) atoms. The first-order valence-corrected chi connectivity index (χ1v) is 10.2. The number of piperidine rings is 1. The van der Waals surface area contributed by atoms with Gasteiger partial charge in [-0.3, -0.25) is 15.0 Å². The smallest absolute Gasteiger partial charge is 0.242 e. The Kier molecular flexibility index (Phi) is 7.19. The van der Waals surface area contributed by atoms with Crippen molar-refractivity contribution in [2.75, 3.05) is 6.54 Å². The second kappa shape index (κ2) is 10.0. The Morgan fingerprint density at radius 1 is 1.17 bits per heavy atom. The lowest BCUT2D eigenvalue weighted by atomic mass is 9.86. The quantitative estimate of drug-likeness (QED) is 0.354. The van der Waals surface area contributed by atoms with E-state index in [-0.39, 0.29) is 23.7 Å². The van der Waals surface area contributed by atoms with Crippen LogP contribution in [0.15, 0.2) is 54.6 Å². The second-order valence-corrected chi connectivity index (χ2v) is 7.70. The molecule has 0 bridgehead atoms. The number of nitrogens with two attached hydrogens (primary N) is 1. The van der Waals surface area contributed by atoms with Crippen LogP contribution in [0.3, 0.4) is 0 Å². The summed E-state index contributed by atoms with van der Waals surface area (Å²) >= 11 is 0. The number of nitrogen functional groups attached to an aromatic ring is 1. The zero-order valence-electron chi connectivity index (χ0n) is 17.2. The molecule has 2 amide bonds. The minimum absolute atomic E-state index is 0.00717. The number of benzene rings is 2. The van der Waals surface area contributed by atoms with Crippen LogP contribution >= 0.6 is 0 Å². The van der Waals surface area contributed by atoms with Gasteiger partial charge in [0.15, 0.2) is 0 Å². The number of hydrogen-bond acceptors (Lipinski definition) is 4. The van der Waals surface area contributed by atoms with Crippen molar-refractivity contribution in [2.45, 2.75) is 44.3 Å². The zero-order valence-corrected chi connectivity index (χ0v) is 17.2. The molecule has 1 aliphatic heterocycles. The molecule has 2 aromatic carbocycles. The largest absolute Gasteiger partial charge is 0.384 e. The first-order chi connectivity index (χ1) is 14.4. The van der Waals surface area contributed by atoms with E-state index < -0.39 is 6.04 Å². The van der Waals surface area contributed by atoms with Crippen LogP contribution in [0.25, 0.3) is 0 Å². The molecule has 0 unspecified atom stereocenters. The zero-order chi connectivity index (χ0) is 21.5. The lowest BCUT2D eigenvalue weighted by Gasteiger charge is -2.30. The lowest BCUT2D eigenvalue weighted by Crippen LogP contribution is -2.53. The molecule has 0 aliphatic carbocycles. The van der Waals surface area contributed by atoms with Crippen molar-refractivity contribution >= 4 is 17.6 Å². The summed E-state index contributed by atoms with van der Waals surface area (Å²) in [5.41, 5.74) is 8.23. The van der Waals surface area contributed by atoms with Crippen molar-refractivity contribution in [1.29, 1.82) is 5.41 Å². The van der Waals surface area contributed by atoms with E-state index in [1.807, 2.05) is 30.3 Å². The molecular weight excluding hydrogens is 378 g/mol. The third-order valence-corrected chi connectivity index (χ3v) is 5.47. The van der Waals surface area contributed by atoms with Crippen molar-refractivity contribution in [3.8, 4) is 0 Å². The number of amidine groups is 1. The van der Waals surface area contributed by atoms with Gasteiger partial charge in [-0.25, -0.2) is 0 Å². The topological polar surface area (TPSA) is 120 Å². The van der Waals surface area contributed by atoms with Crippen molar-refractivity contribution in [3.63, 3.8) is 0 Å². The molecule has 1 saturated heterocycles. The summed E-state index contributed by atoms with van der Waals surface area (Å²) in [5.74, 6) is -0.0449. The van der Waals surface area contributed by atoms with Crippen LogP contribution in [0.1, 0.15) is 42.4 Å². The number of hydrogen-bond donors (Lipinski definition) is 5. The standard InChI is InChI=1S/C23H29N5O2/c1-15(22(29)27-14-16-7-9-18(10-8-16)21(24)25)28-23(30)20-13-19(11-12-26-20)17-5-3-2-4-6-17/h2-10,15,19-20,26H,11-14H2,1H3,(H3,24,25)(H,27,29)(H,28,30)/t15-,19-,20-/m0/s1. The van der Waals surface area contributed by atoms with Gasteiger partial charge >= 0.3 is 0 Å². The van der Waals surface area contributed by atoms with Gasteiger partial charge < -0.3 is 21.7 Å². The average molecular weight is 408 g/mol. The lowest BCUT2D eigenvalue weighted by molar-refractivity contribution is -0.130. The maximum absolute atomic E-state index is 12.7. The van der Waals surface area contributed by atoms with Gasteiger partial charge in [0.05, 0.1) is 6.04 Å². The molecule has 0 saturated carbocycles. The molecule has 0 spiro atoms. The first kappa shape index (κ1) is 21.5. The minimum Gasteiger partial charge on any atom is -0.384 e. The Hall–Kier alpha value is -3.19. The van der Waals surface area contributed by atoms with Gasteiger partial charge in [0.1, 0.15) is 11.9 Å². The normalized spacial score (nSPS) is 19.5.